The van der Waals surface area contributed by atoms with Crippen LogP contribution in [-0.2, 0) is 16.1 Å². The van der Waals surface area contributed by atoms with Crippen LogP contribution in [0.5, 0.6) is 0 Å². The molecule has 1 fully saturated rings. The van der Waals surface area contributed by atoms with E-state index >= 15 is 0 Å². The molecule has 1 amide bonds. The van der Waals surface area contributed by atoms with Gasteiger partial charge in [-0.15, -0.1) is 0 Å². The summed E-state index contributed by atoms with van der Waals surface area (Å²) in [6, 6.07) is 8.15. The second-order valence-corrected chi connectivity index (χ2v) is 5.27. The van der Waals surface area contributed by atoms with Crippen LogP contribution in [0.1, 0.15) is 24.0 Å². The Balaban J connectivity index is 1.96. The fourth-order valence-corrected chi connectivity index (χ4v) is 2.48. The Kier molecular flexibility index (Phi) is 4.56. The van der Waals surface area contributed by atoms with E-state index in [2.05, 4.69) is 11.4 Å². The highest BCUT2D eigenvalue weighted by molar-refractivity contribution is 5.83. The first-order valence-corrected chi connectivity index (χ1v) is 6.78. The summed E-state index contributed by atoms with van der Waals surface area (Å²) >= 11 is 0. The van der Waals surface area contributed by atoms with Crippen LogP contribution in [0.4, 0.5) is 0 Å². The maximum atomic E-state index is 12.4. The molecule has 0 bridgehead atoms. The van der Waals surface area contributed by atoms with Crippen LogP contribution in [0.15, 0.2) is 24.3 Å². The number of hydrogen-bond donors (Lipinski definition) is 2. The van der Waals surface area contributed by atoms with Crippen molar-refractivity contribution in [3.63, 3.8) is 0 Å². The first-order valence-electron chi connectivity index (χ1n) is 6.78. The average Bonchev–Trinajstić information content (AvgIpc) is 2.45. The zero-order valence-corrected chi connectivity index (χ0v) is 11.4. The van der Waals surface area contributed by atoms with E-state index in [9.17, 15) is 4.79 Å². The summed E-state index contributed by atoms with van der Waals surface area (Å²) in [5.74, 6) is 0.0554. The topological polar surface area (TPSA) is 64.4 Å². The van der Waals surface area contributed by atoms with Crippen LogP contribution in [0.3, 0.4) is 0 Å². The van der Waals surface area contributed by atoms with Gasteiger partial charge < -0.3 is 15.8 Å². The minimum absolute atomic E-state index is 0.0554. The normalized spacial score (nSPS) is 18.0. The number of carbonyl (C=O) groups excluding carboxylic acids is 1. The number of hydrogen-bond acceptors (Lipinski definition) is 3. The van der Waals surface area contributed by atoms with Crippen molar-refractivity contribution in [2.45, 2.75) is 26.3 Å². The lowest BCUT2D eigenvalue weighted by Crippen LogP contribution is -2.48. The fourth-order valence-electron chi connectivity index (χ4n) is 2.48. The van der Waals surface area contributed by atoms with Gasteiger partial charge in [0.15, 0.2) is 0 Å². The van der Waals surface area contributed by atoms with Crippen LogP contribution in [0.25, 0.3) is 0 Å². The van der Waals surface area contributed by atoms with Crippen LogP contribution >= 0.6 is 0 Å². The van der Waals surface area contributed by atoms with Gasteiger partial charge in [-0.3, -0.25) is 4.79 Å². The summed E-state index contributed by atoms with van der Waals surface area (Å²) in [5.41, 5.74) is 7.69. The summed E-state index contributed by atoms with van der Waals surface area (Å²) in [4.78, 5) is 12.4. The Bertz CT molecular complexity index is 440. The number of ether oxygens (including phenoxy) is 1. The van der Waals surface area contributed by atoms with E-state index < -0.39 is 5.41 Å². The minimum Gasteiger partial charge on any atom is -0.381 e. The van der Waals surface area contributed by atoms with E-state index in [1.54, 1.807) is 0 Å². The minimum atomic E-state index is -0.442. The van der Waals surface area contributed by atoms with E-state index in [-0.39, 0.29) is 5.91 Å². The van der Waals surface area contributed by atoms with E-state index in [0.717, 1.165) is 5.56 Å². The van der Waals surface area contributed by atoms with Crippen molar-refractivity contribution < 1.29 is 9.53 Å². The molecule has 0 aromatic heterocycles. The monoisotopic (exact) mass is 262 g/mol. The van der Waals surface area contributed by atoms with Gasteiger partial charge in [-0.05, 0) is 25.3 Å². The van der Waals surface area contributed by atoms with Crippen LogP contribution < -0.4 is 11.1 Å². The molecule has 0 radical (unpaired) electrons. The highest BCUT2D eigenvalue weighted by atomic mass is 16.5. The quantitative estimate of drug-likeness (QED) is 0.861. The molecule has 1 aliphatic rings. The Morgan fingerprint density at radius 2 is 2.16 bits per heavy atom. The first kappa shape index (κ1) is 14.0. The van der Waals surface area contributed by atoms with E-state index in [4.69, 9.17) is 10.5 Å². The lowest BCUT2D eigenvalue weighted by molar-refractivity contribution is -0.136. The third-order valence-electron chi connectivity index (χ3n) is 3.86. The molecule has 1 aliphatic heterocycles. The number of aryl methyl sites for hydroxylation is 1. The molecule has 0 atom stereocenters. The molecule has 0 unspecified atom stereocenters. The maximum absolute atomic E-state index is 12.4. The number of amides is 1. The molecule has 3 N–H and O–H groups in total. The number of benzene rings is 1. The van der Waals surface area contributed by atoms with Gasteiger partial charge in [0.05, 0.1) is 5.41 Å². The summed E-state index contributed by atoms with van der Waals surface area (Å²) in [6.07, 6.45) is 1.42. The molecule has 4 nitrogen and oxygen atoms in total. The van der Waals surface area contributed by atoms with Gasteiger partial charge in [-0.2, -0.15) is 0 Å². The third-order valence-corrected chi connectivity index (χ3v) is 3.86. The molecule has 0 spiro atoms. The molecule has 104 valence electrons. The van der Waals surface area contributed by atoms with Crippen molar-refractivity contribution in [1.29, 1.82) is 0 Å². The fraction of sp³-hybridized carbons (Fsp3) is 0.533. The van der Waals surface area contributed by atoms with E-state index in [1.165, 1.54) is 5.56 Å². The standard InChI is InChI=1S/C15H22N2O2/c1-12-3-2-4-13(9-12)10-17-14(18)15(11-16)5-7-19-8-6-15/h2-4,9H,5-8,10-11,16H2,1H3,(H,17,18). The molecule has 1 aromatic rings. The van der Waals surface area contributed by atoms with Crippen molar-refractivity contribution in [2.24, 2.45) is 11.1 Å². The van der Waals surface area contributed by atoms with Gasteiger partial charge >= 0.3 is 0 Å². The Hall–Kier alpha value is -1.39. The third kappa shape index (κ3) is 3.33. The van der Waals surface area contributed by atoms with Crippen molar-refractivity contribution in [2.75, 3.05) is 19.8 Å². The summed E-state index contributed by atoms with van der Waals surface area (Å²) in [5, 5.41) is 3.01. The molecule has 0 saturated carbocycles. The van der Waals surface area contributed by atoms with Gasteiger partial charge in [-0.25, -0.2) is 0 Å². The Morgan fingerprint density at radius 3 is 2.79 bits per heavy atom. The highest BCUT2D eigenvalue weighted by Crippen LogP contribution is 2.29. The predicted octanol–water partition coefficient (Wildman–Crippen LogP) is 1.37. The summed E-state index contributed by atoms with van der Waals surface area (Å²) < 4.78 is 5.32. The van der Waals surface area contributed by atoms with Crippen molar-refractivity contribution >= 4 is 5.91 Å². The smallest absolute Gasteiger partial charge is 0.227 e. The second-order valence-electron chi connectivity index (χ2n) is 5.27. The van der Waals surface area contributed by atoms with E-state index in [1.807, 2.05) is 25.1 Å². The lowest BCUT2D eigenvalue weighted by atomic mass is 9.79. The van der Waals surface area contributed by atoms with Crippen molar-refractivity contribution in [3.8, 4) is 0 Å². The zero-order valence-electron chi connectivity index (χ0n) is 11.4. The SMILES string of the molecule is Cc1cccc(CNC(=O)C2(CN)CCOCC2)c1. The molecule has 4 heteroatoms. The number of carbonyl (C=O) groups is 1. The molecular formula is C15H22N2O2. The lowest BCUT2D eigenvalue weighted by Gasteiger charge is -2.34. The summed E-state index contributed by atoms with van der Waals surface area (Å²) in [7, 11) is 0. The second kappa shape index (κ2) is 6.17. The van der Waals surface area contributed by atoms with Gasteiger partial charge in [0.2, 0.25) is 5.91 Å². The Morgan fingerprint density at radius 1 is 1.42 bits per heavy atom. The van der Waals surface area contributed by atoms with Gasteiger partial charge in [0.25, 0.3) is 0 Å². The molecular weight excluding hydrogens is 240 g/mol. The zero-order chi connectivity index (χ0) is 13.7. The predicted molar refractivity (Wildman–Crippen MR) is 74.6 cm³/mol. The molecule has 0 aliphatic carbocycles. The highest BCUT2D eigenvalue weighted by Gasteiger charge is 2.38. The number of nitrogens with two attached hydrogens (primary N) is 1. The van der Waals surface area contributed by atoms with Crippen LogP contribution in [0, 0.1) is 12.3 Å². The molecule has 1 aromatic carbocycles. The Labute approximate surface area is 114 Å². The molecule has 19 heavy (non-hydrogen) atoms. The van der Waals surface area contributed by atoms with Crippen molar-refractivity contribution in [3.05, 3.63) is 35.4 Å². The summed E-state index contributed by atoms with van der Waals surface area (Å²) in [6.45, 7) is 4.23. The van der Waals surface area contributed by atoms with Crippen LogP contribution in [0.2, 0.25) is 0 Å². The molecule has 2 rings (SSSR count). The van der Waals surface area contributed by atoms with Gasteiger partial charge in [0.1, 0.15) is 0 Å². The maximum Gasteiger partial charge on any atom is 0.227 e. The molecule has 1 heterocycles. The molecule has 1 saturated heterocycles. The van der Waals surface area contributed by atoms with Crippen LogP contribution in [-0.4, -0.2) is 25.7 Å². The average molecular weight is 262 g/mol. The first-order chi connectivity index (χ1) is 9.16. The van der Waals surface area contributed by atoms with Gasteiger partial charge in [-0.1, -0.05) is 29.8 Å². The van der Waals surface area contributed by atoms with Crippen molar-refractivity contribution in [1.82, 2.24) is 5.32 Å². The largest absolute Gasteiger partial charge is 0.381 e. The number of rotatable bonds is 4. The van der Waals surface area contributed by atoms with Gasteiger partial charge in [0, 0.05) is 26.3 Å². The number of nitrogens with one attached hydrogen (secondary N) is 1. The van der Waals surface area contributed by atoms with E-state index in [0.29, 0.717) is 39.1 Å².